The molecule has 1 unspecified atom stereocenters. The number of nitrogens with zero attached hydrogens (tertiary/aromatic N) is 2. The highest BCUT2D eigenvalue weighted by Gasteiger charge is 2.34. The topological polar surface area (TPSA) is 64.0 Å². The van der Waals surface area contributed by atoms with Gasteiger partial charge in [-0.2, -0.15) is 18.3 Å². The van der Waals surface area contributed by atoms with E-state index >= 15 is 0 Å². The fourth-order valence-corrected chi connectivity index (χ4v) is 3.13. The number of hydrogen-bond donors (Lipinski definition) is 1. The molecule has 2 heterocycles. The van der Waals surface area contributed by atoms with Gasteiger partial charge in [-0.05, 0) is 42.6 Å². The molecule has 2 aromatic heterocycles. The number of benzene rings is 1. The Morgan fingerprint density at radius 3 is 2.61 bits per heavy atom. The Bertz CT molecular complexity index is 1060. The molecule has 0 aliphatic carbocycles. The molecule has 0 bridgehead atoms. The van der Waals surface area contributed by atoms with E-state index in [0.29, 0.717) is 17.8 Å². The third kappa shape index (κ3) is 4.11. The minimum atomic E-state index is -4.90. The molecule has 10 heteroatoms. The van der Waals surface area contributed by atoms with Crippen LogP contribution in [0.1, 0.15) is 18.5 Å². The maximum absolute atomic E-state index is 13.4. The zero-order valence-corrected chi connectivity index (χ0v) is 15.1. The van der Waals surface area contributed by atoms with Gasteiger partial charge in [0.15, 0.2) is 0 Å². The van der Waals surface area contributed by atoms with E-state index in [1.54, 1.807) is 12.1 Å². The predicted molar refractivity (Wildman–Crippen MR) is 96.6 cm³/mol. The van der Waals surface area contributed by atoms with Gasteiger partial charge in [-0.3, -0.25) is 9.59 Å². The normalized spacial score (nSPS) is 12.6. The zero-order valence-electron chi connectivity index (χ0n) is 14.3. The number of hydrogen-bond acceptors (Lipinski definition) is 4. The summed E-state index contributed by atoms with van der Waals surface area (Å²) in [6.45, 7) is 1.39. The number of rotatable bonds is 4. The Labute approximate surface area is 160 Å². The lowest BCUT2D eigenvalue weighted by Crippen LogP contribution is -2.33. The summed E-state index contributed by atoms with van der Waals surface area (Å²) in [6, 6.07) is 7.39. The van der Waals surface area contributed by atoms with Crippen LogP contribution in [0, 0.1) is 5.82 Å². The van der Waals surface area contributed by atoms with Gasteiger partial charge in [0, 0.05) is 11.8 Å². The Morgan fingerprint density at radius 2 is 1.96 bits per heavy atom. The van der Waals surface area contributed by atoms with Gasteiger partial charge in [0.25, 0.3) is 5.56 Å². The van der Waals surface area contributed by atoms with Crippen molar-refractivity contribution in [2.75, 3.05) is 5.32 Å². The first-order valence-electron chi connectivity index (χ1n) is 7.98. The number of alkyl halides is 3. The maximum atomic E-state index is 13.4. The molecule has 3 aromatic rings. The van der Waals surface area contributed by atoms with E-state index in [2.05, 4.69) is 10.4 Å². The van der Waals surface area contributed by atoms with Gasteiger partial charge in [0.1, 0.15) is 17.6 Å². The van der Waals surface area contributed by atoms with Gasteiger partial charge in [-0.15, -0.1) is 11.3 Å². The number of halogens is 4. The van der Waals surface area contributed by atoms with Crippen LogP contribution in [0.4, 0.5) is 23.2 Å². The number of anilines is 1. The van der Waals surface area contributed by atoms with Crippen LogP contribution in [-0.2, 0) is 11.0 Å². The van der Waals surface area contributed by atoms with E-state index in [1.807, 2.05) is 5.38 Å². The fraction of sp³-hybridized carbons (Fsp3) is 0.167. The number of carbonyl (C=O) groups excluding carboxylic acids is 1. The lowest BCUT2D eigenvalue weighted by molar-refractivity contribution is -0.140. The monoisotopic (exact) mass is 411 g/mol. The summed E-state index contributed by atoms with van der Waals surface area (Å²) in [5, 5.41) is 8.25. The van der Waals surface area contributed by atoms with E-state index in [9.17, 15) is 27.2 Å². The standard InChI is InChI=1S/C18H13F4N3O2S/c1-10(25-16(26)7-6-14(24-25)15-3-2-8-28-15)17(27)23-11-4-5-13(19)12(9-11)18(20,21)22/h2-10H,1H3,(H,23,27). The van der Waals surface area contributed by atoms with Crippen LogP contribution in [0.15, 0.2) is 52.6 Å². The van der Waals surface area contributed by atoms with Crippen molar-refractivity contribution in [3.8, 4) is 10.6 Å². The molecule has 1 atom stereocenters. The second-order valence-electron chi connectivity index (χ2n) is 5.84. The highest BCUT2D eigenvalue weighted by Crippen LogP contribution is 2.33. The average molecular weight is 411 g/mol. The van der Waals surface area contributed by atoms with Crippen molar-refractivity contribution >= 4 is 22.9 Å². The fourth-order valence-electron chi connectivity index (χ4n) is 2.44. The van der Waals surface area contributed by atoms with Gasteiger partial charge < -0.3 is 5.32 Å². The second kappa shape index (κ2) is 7.55. The summed E-state index contributed by atoms with van der Waals surface area (Å²) in [6.07, 6.45) is -4.90. The molecule has 0 spiro atoms. The molecule has 1 N–H and O–H groups in total. The minimum Gasteiger partial charge on any atom is -0.324 e. The molecule has 0 aliphatic rings. The summed E-state index contributed by atoms with van der Waals surface area (Å²) in [5.74, 6) is -2.21. The Balaban J connectivity index is 1.86. The van der Waals surface area contributed by atoms with E-state index in [0.717, 1.165) is 15.6 Å². The van der Waals surface area contributed by atoms with Crippen molar-refractivity contribution in [3.05, 3.63) is 69.6 Å². The summed E-state index contributed by atoms with van der Waals surface area (Å²) in [4.78, 5) is 25.3. The predicted octanol–water partition coefficient (Wildman–Crippen LogP) is 4.33. The third-order valence-corrected chi connectivity index (χ3v) is 4.78. The highest BCUT2D eigenvalue weighted by molar-refractivity contribution is 7.13. The maximum Gasteiger partial charge on any atom is 0.419 e. The van der Waals surface area contributed by atoms with Crippen LogP contribution in [0.3, 0.4) is 0 Å². The molecule has 146 valence electrons. The number of nitrogens with one attached hydrogen (secondary N) is 1. The Morgan fingerprint density at radius 1 is 1.21 bits per heavy atom. The lowest BCUT2D eigenvalue weighted by atomic mass is 10.1. The van der Waals surface area contributed by atoms with Gasteiger partial charge in [0.2, 0.25) is 5.91 Å². The van der Waals surface area contributed by atoms with Crippen LogP contribution >= 0.6 is 11.3 Å². The molecule has 5 nitrogen and oxygen atoms in total. The van der Waals surface area contributed by atoms with Crippen LogP contribution in [-0.4, -0.2) is 15.7 Å². The van der Waals surface area contributed by atoms with E-state index in [4.69, 9.17) is 0 Å². The summed E-state index contributed by atoms with van der Waals surface area (Å²) in [5.41, 5.74) is -1.80. The van der Waals surface area contributed by atoms with Gasteiger partial charge in [-0.1, -0.05) is 6.07 Å². The molecular weight excluding hydrogens is 398 g/mol. The molecule has 3 rings (SSSR count). The SMILES string of the molecule is CC(C(=O)Nc1ccc(F)c(C(F)(F)F)c1)n1nc(-c2cccs2)ccc1=O. The molecule has 0 aliphatic heterocycles. The van der Waals surface area contributed by atoms with Crippen LogP contribution in [0.2, 0.25) is 0 Å². The average Bonchev–Trinajstić information content (AvgIpc) is 3.17. The Hall–Kier alpha value is -3.01. The molecule has 0 radical (unpaired) electrons. The van der Waals surface area contributed by atoms with Crippen molar-refractivity contribution in [2.45, 2.75) is 19.1 Å². The number of carbonyl (C=O) groups is 1. The van der Waals surface area contributed by atoms with Crippen molar-refractivity contribution in [2.24, 2.45) is 0 Å². The lowest BCUT2D eigenvalue weighted by Gasteiger charge is -2.16. The van der Waals surface area contributed by atoms with Crippen molar-refractivity contribution in [1.82, 2.24) is 9.78 Å². The first kappa shape index (κ1) is 19.7. The molecule has 28 heavy (non-hydrogen) atoms. The largest absolute Gasteiger partial charge is 0.419 e. The first-order chi connectivity index (χ1) is 13.2. The van der Waals surface area contributed by atoms with Crippen LogP contribution < -0.4 is 10.9 Å². The van der Waals surface area contributed by atoms with Crippen molar-refractivity contribution in [1.29, 1.82) is 0 Å². The Kier molecular flexibility index (Phi) is 5.32. The zero-order chi connectivity index (χ0) is 20.5. The van der Waals surface area contributed by atoms with E-state index < -0.39 is 35.1 Å². The molecular formula is C18H13F4N3O2S. The summed E-state index contributed by atoms with van der Waals surface area (Å²) >= 11 is 1.40. The van der Waals surface area contributed by atoms with Gasteiger partial charge in [-0.25, -0.2) is 9.07 Å². The first-order valence-corrected chi connectivity index (χ1v) is 8.86. The summed E-state index contributed by atoms with van der Waals surface area (Å²) < 4.78 is 52.8. The quantitative estimate of drug-likeness (QED) is 0.650. The molecule has 1 amide bonds. The summed E-state index contributed by atoms with van der Waals surface area (Å²) in [7, 11) is 0. The van der Waals surface area contributed by atoms with Crippen LogP contribution in [0.25, 0.3) is 10.6 Å². The smallest absolute Gasteiger partial charge is 0.324 e. The second-order valence-corrected chi connectivity index (χ2v) is 6.78. The molecule has 0 fully saturated rings. The van der Waals surface area contributed by atoms with E-state index in [1.165, 1.54) is 30.4 Å². The number of thiophene rings is 1. The number of aromatic nitrogens is 2. The van der Waals surface area contributed by atoms with Gasteiger partial charge in [0.05, 0.1) is 10.4 Å². The minimum absolute atomic E-state index is 0.243. The molecule has 0 saturated heterocycles. The van der Waals surface area contributed by atoms with Crippen molar-refractivity contribution in [3.63, 3.8) is 0 Å². The van der Waals surface area contributed by atoms with Gasteiger partial charge >= 0.3 is 6.18 Å². The molecule has 1 aromatic carbocycles. The van der Waals surface area contributed by atoms with E-state index in [-0.39, 0.29) is 5.69 Å². The van der Waals surface area contributed by atoms with Crippen molar-refractivity contribution < 1.29 is 22.4 Å². The highest BCUT2D eigenvalue weighted by atomic mass is 32.1. The third-order valence-electron chi connectivity index (χ3n) is 3.88. The number of amides is 1. The molecule has 0 saturated carbocycles. The van der Waals surface area contributed by atoms with Crippen LogP contribution in [0.5, 0.6) is 0 Å².